The highest BCUT2D eigenvalue weighted by Crippen LogP contribution is 2.32. The van der Waals surface area contributed by atoms with Crippen LogP contribution in [-0.2, 0) is 11.0 Å². The van der Waals surface area contributed by atoms with Crippen molar-refractivity contribution in [2.75, 3.05) is 0 Å². The quantitative estimate of drug-likeness (QED) is 0.912. The number of carboxylic acids is 1. The molecule has 1 atom stereocenters. The molecule has 0 saturated heterocycles. The molecular weight excluding hydrogens is 341 g/mol. The molecule has 2 aromatic rings. The molecule has 0 radical (unpaired) electrons. The minimum Gasteiger partial charge on any atom is -0.477 e. The monoisotopic (exact) mass is 352 g/mol. The van der Waals surface area contributed by atoms with Gasteiger partial charge in [0.15, 0.2) is 6.10 Å². The van der Waals surface area contributed by atoms with Crippen LogP contribution in [0.1, 0.15) is 34.1 Å². The van der Waals surface area contributed by atoms with Crippen molar-refractivity contribution in [1.82, 2.24) is 4.98 Å². The van der Waals surface area contributed by atoms with E-state index in [0.29, 0.717) is 5.56 Å². The van der Waals surface area contributed by atoms with E-state index < -0.39 is 23.8 Å². The van der Waals surface area contributed by atoms with Crippen molar-refractivity contribution in [2.45, 2.75) is 18.7 Å². The Bertz CT molecular complexity index is 802. The Kier molecular flexibility index (Phi) is 4.30. The largest absolute Gasteiger partial charge is 0.477 e. The summed E-state index contributed by atoms with van der Waals surface area (Å²) in [5, 5.41) is 12.5. The van der Waals surface area contributed by atoms with Gasteiger partial charge in [-0.25, -0.2) is 9.78 Å². The van der Waals surface area contributed by atoms with Crippen molar-refractivity contribution < 1.29 is 32.6 Å². The van der Waals surface area contributed by atoms with Crippen LogP contribution in [0, 0.1) is 0 Å². The standard InChI is InChI=1S/C16H11F3N2O4/c17-16(18,19)10-3-1-9(2-4-10)13-7-14(21-25-13)24-11-5-6-12(15(22)23)20-8-11/h1-6,8,13H,7H2,(H,22,23)/t13-/m1/s1. The zero-order valence-electron chi connectivity index (χ0n) is 12.5. The van der Waals surface area contributed by atoms with Gasteiger partial charge in [-0.2, -0.15) is 13.2 Å². The second kappa shape index (κ2) is 6.42. The molecule has 1 N–H and O–H groups in total. The highest BCUT2D eigenvalue weighted by atomic mass is 19.4. The average Bonchev–Trinajstić information content (AvgIpc) is 3.03. The van der Waals surface area contributed by atoms with Crippen LogP contribution in [0.5, 0.6) is 5.75 Å². The molecule has 130 valence electrons. The average molecular weight is 352 g/mol. The van der Waals surface area contributed by atoms with Gasteiger partial charge in [-0.1, -0.05) is 17.3 Å². The number of nitrogens with zero attached hydrogens (tertiary/aromatic N) is 2. The van der Waals surface area contributed by atoms with Crippen LogP contribution in [0.3, 0.4) is 0 Å². The molecule has 1 aliphatic rings. The molecule has 2 heterocycles. The maximum absolute atomic E-state index is 12.6. The Morgan fingerprint density at radius 2 is 1.92 bits per heavy atom. The lowest BCUT2D eigenvalue weighted by molar-refractivity contribution is -0.137. The molecule has 1 aliphatic heterocycles. The second-order valence-corrected chi connectivity index (χ2v) is 5.19. The molecule has 6 nitrogen and oxygen atoms in total. The summed E-state index contributed by atoms with van der Waals surface area (Å²) < 4.78 is 43.1. The van der Waals surface area contributed by atoms with E-state index >= 15 is 0 Å². The number of ether oxygens (including phenoxy) is 1. The molecule has 9 heteroatoms. The topological polar surface area (TPSA) is 81.0 Å². The first-order valence-corrected chi connectivity index (χ1v) is 7.10. The third-order valence-corrected chi connectivity index (χ3v) is 3.44. The first-order chi connectivity index (χ1) is 11.8. The van der Waals surface area contributed by atoms with E-state index in [1.165, 1.54) is 30.5 Å². The van der Waals surface area contributed by atoms with Crippen molar-refractivity contribution in [3.8, 4) is 5.75 Å². The van der Waals surface area contributed by atoms with Gasteiger partial charge in [0.25, 0.3) is 0 Å². The zero-order chi connectivity index (χ0) is 18.0. The summed E-state index contributed by atoms with van der Waals surface area (Å²) in [4.78, 5) is 19.6. The Morgan fingerprint density at radius 1 is 1.20 bits per heavy atom. The molecule has 0 amide bonds. The number of hydrogen-bond acceptors (Lipinski definition) is 5. The summed E-state index contributed by atoms with van der Waals surface area (Å²) in [6, 6.07) is 7.31. The van der Waals surface area contributed by atoms with Gasteiger partial charge < -0.3 is 14.7 Å². The summed E-state index contributed by atoms with van der Waals surface area (Å²) in [7, 11) is 0. The summed E-state index contributed by atoms with van der Waals surface area (Å²) in [5.74, 6) is -0.661. The number of carbonyl (C=O) groups is 1. The first kappa shape index (κ1) is 16.7. The van der Waals surface area contributed by atoms with Gasteiger partial charge in [0.2, 0.25) is 5.90 Å². The molecule has 0 fully saturated rings. The number of aromatic nitrogens is 1. The number of pyridine rings is 1. The molecule has 0 bridgehead atoms. The van der Waals surface area contributed by atoms with Gasteiger partial charge in [0.05, 0.1) is 18.2 Å². The van der Waals surface area contributed by atoms with Crippen molar-refractivity contribution in [1.29, 1.82) is 0 Å². The fourth-order valence-corrected chi connectivity index (χ4v) is 2.18. The molecule has 3 rings (SSSR count). The van der Waals surface area contributed by atoms with Crippen LogP contribution in [-0.4, -0.2) is 22.0 Å². The lowest BCUT2D eigenvalue weighted by Crippen LogP contribution is -2.09. The third kappa shape index (κ3) is 3.87. The van der Waals surface area contributed by atoms with Crippen LogP contribution in [0.4, 0.5) is 13.2 Å². The maximum atomic E-state index is 12.6. The van der Waals surface area contributed by atoms with Crippen LogP contribution >= 0.6 is 0 Å². The normalized spacial score (nSPS) is 16.9. The van der Waals surface area contributed by atoms with E-state index in [-0.39, 0.29) is 23.8 Å². The molecule has 25 heavy (non-hydrogen) atoms. The predicted molar refractivity (Wildman–Crippen MR) is 79.1 cm³/mol. The smallest absolute Gasteiger partial charge is 0.416 e. The van der Waals surface area contributed by atoms with Crippen LogP contribution in [0.15, 0.2) is 47.8 Å². The van der Waals surface area contributed by atoms with Crippen molar-refractivity contribution in [2.24, 2.45) is 5.16 Å². The lowest BCUT2D eigenvalue weighted by Gasteiger charge is -2.10. The van der Waals surface area contributed by atoms with Gasteiger partial charge in [-0.05, 0) is 29.8 Å². The highest BCUT2D eigenvalue weighted by Gasteiger charge is 2.31. The van der Waals surface area contributed by atoms with Crippen LogP contribution in [0.2, 0.25) is 0 Å². The molecule has 0 aliphatic carbocycles. The molecule has 0 spiro atoms. The van der Waals surface area contributed by atoms with Gasteiger partial charge >= 0.3 is 12.1 Å². The number of aromatic carboxylic acids is 1. The maximum Gasteiger partial charge on any atom is 0.416 e. The van der Waals surface area contributed by atoms with E-state index in [4.69, 9.17) is 14.7 Å². The summed E-state index contributed by atoms with van der Waals surface area (Å²) in [6.45, 7) is 0. The number of hydrogen-bond donors (Lipinski definition) is 1. The summed E-state index contributed by atoms with van der Waals surface area (Å²) in [5.41, 5.74) is -0.328. The van der Waals surface area contributed by atoms with E-state index in [1.807, 2.05) is 0 Å². The van der Waals surface area contributed by atoms with E-state index in [9.17, 15) is 18.0 Å². The summed E-state index contributed by atoms with van der Waals surface area (Å²) in [6.07, 6.45) is -3.48. The number of carboxylic acid groups (broad SMARTS) is 1. The van der Waals surface area contributed by atoms with Crippen molar-refractivity contribution in [3.05, 3.63) is 59.4 Å². The van der Waals surface area contributed by atoms with Gasteiger partial charge in [-0.3, -0.25) is 0 Å². The number of alkyl halides is 3. The molecule has 1 aromatic heterocycles. The molecular formula is C16H11F3N2O4. The fourth-order valence-electron chi connectivity index (χ4n) is 2.18. The lowest BCUT2D eigenvalue weighted by atomic mass is 10.0. The van der Waals surface area contributed by atoms with E-state index in [1.54, 1.807) is 0 Å². The van der Waals surface area contributed by atoms with Gasteiger partial charge in [0, 0.05) is 0 Å². The summed E-state index contributed by atoms with van der Waals surface area (Å²) >= 11 is 0. The zero-order valence-corrected chi connectivity index (χ0v) is 12.5. The Hall–Kier alpha value is -3.10. The van der Waals surface area contributed by atoms with Crippen molar-refractivity contribution >= 4 is 11.9 Å². The number of oxime groups is 1. The molecule has 0 saturated carbocycles. The highest BCUT2D eigenvalue weighted by molar-refractivity contribution is 5.85. The minimum absolute atomic E-state index is 0.125. The fraction of sp³-hybridized carbons (Fsp3) is 0.188. The first-order valence-electron chi connectivity index (χ1n) is 7.10. The van der Waals surface area contributed by atoms with E-state index in [2.05, 4.69) is 10.1 Å². The number of benzene rings is 1. The number of halogens is 3. The Morgan fingerprint density at radius 3 is 2.48 bits per heavy atom. The molecule has 0 unspecified atom stereocenters. The third-order valence-electron chi connectivity index (χ3n) is 3.44. The molecule has 1 aromatic carbocycles. The van der Waals surface area contributed by atoms with Gasteiger partial charge in [-0.15, -0.1) is 0 Å². The van der Waals surface area contributed by atoms with Crippen molar-refractivity contribution in [3.63, 3.8) is 0 Å². The minimum atomic E-state index is -4.39. The number of rotatable bonds is 3. The second-order valence-electron chi connectivity index (χ2n) is 5.19. The Balaban J connectivity index is 1.62. The van der Waals surface area contributed by atoms with Gasteiger partial charge in [0.1, 0.15) is 11.4 Å². The predicted octanol–water partition coefficient (Wildman–Crippen LogP) is 3.65. The van der Waals surface area contributed by atoms with Crippen LogP contribution in [0.25, 0.3) is 0 Å². The SMILES string of the molecule is O=C(O)c1ccc(OC2=NO[C@@H](c3ccc(C(F)(F)F)cc3)C2)cn1. The van der Waals surface area contributed by atoms with Crippen LogP contribution < -0.4 is 4.74 Å². The van der Waals surface area contributed by atoms with E-state index in [0.717, 1.165) is 12.1 Å². The Labute approximate surface area is 139 Å².